The number of hydrogen-bond acceptors (Lipinski definition) is 4. The van der Waals surface area contributed by atoms with Crippen LogP contribution in [0.15, 0.2) is 18.2 Å². The van der Waals surface area contributed by atoms with Crippen LogP contribution in [0.4, 0.5) is 16.2 Å². The van der Waals surface area contributed by atoms with Crippen LogP contribution >= 0.6 is 0 Å². The molecule has 0 bridgehead atoms. The number of amides is 3. The lowest BCUT2D eigenvalue weighted by Crippen LogP contribution is -2.49. The van der Waals surface area contributed by atoms with Crippen molar-refractivity contribution in [3.8, 4) is 5.75 Å². The summed E-state index contributed by atoms with van der Waals surface area (Å²) in [6, 6.07) is 4.74. The minimum absolute atomic E-state index is 0.0125. The first-order valence-electron chi connectivity index (χ1n) is 7.00. The Morgan fingerprint density at radius 3 is 2.59 bits per heavy atom. The van der Waals surface area contributed by atoms with Gasteiger partial charge >= 0.3 is 6.03 Å². The van der Waals surface area contributed by atoms with E-state index >= 15 is 0 Å². The number of hydrogen-bond donors (Lipinski definition) is 3. The Hall–Kier alpha value is -2.28. The number of urea groups is 1. The molecule has 1 aliphatic rings. The molecule has 3 amide bonds. The molecular weight excluding hydrogens is 286 g/mol. The topological polar surface area (TPSA) is 88.7 Å². The lowest BCUT2D eigenvalue weighted by Gasteiger charge is -2.37. The quantitative estimate of drug-likeness (QED) is 0.774. The van der Waals surface area contributed by atoms with E-state index in [0.29, 0.717) is 36.9 Å². The number of benzene rings is 1. The van der Waals surface area contributed by atoms with E-state index in [0.717, 1.165) is 0 Å². The Kier molecular flexibility index (Phi) is 4.87. The van der Waals surface area contributed by atoms with Gasteiger partial charge in [0, 0.05) is 24.6 Å². The molecule has 1 aromatic rings. The van der Waals surface area contributed by atoms with E-state index in [9.17, 15) is 9.59 Å². The summed E-state index contributed by atoms with van der Waals surface area (Å²) in [5.41, 5.74) is 1.09. The first kappa shape index (κ1) is 16.1. The summed E-state index contributed by atoms with van der Waals surface area (Å²) in [4.78, 5) is 23.1. The Morgan fingerprint density at radius 1 is 1.32 bits per heavy atom. The summed E-state index contributed by atoms with van der Waals surface area (Å²) < 4.78 is 10.3. The molecule has 1 aliphatic heterocycles. The maximum Gasteiger partial charge on any atom is 0.319 e. The molecule has 1 heterocycles. The van der Waals surface area contributed by atoms with Gasteiger partial charge in [0.2, 0.25) is 5.91 Å². The molecule has 0 saturated carbocycles. The van der Waals surface area contributed by atoms with Crippen molar-refractivity contribution in [2.24, 2.45) is 5.41 Å². The fraction of sp³-hybridized carbons (Fsp3) is 0.467. The molecule has 3 N–H and O–H groups in total. The van der Waals surface area contributed by atoms with Crippen LogP contribution in [0.3, 0.4) is 0 Å². The van der Waals surface area contributed by atoms with Gasteiger partial charge in [-0.05, 0) is 18.2 Å². The van der Waals surface area contributed by atoms with Crippen molar-refractivity contribution in [1.29, 1.82) is 0 Å². The van der Waals surface area contributed by atoms with Crippen molar-refractivity contribution in [3.63, 3.8) is 0 Å². The summed E-state index contributed by atoms with van der Waals surface area (Å²) in [7, 11) is 1.52. The van der Waals surface area contributed by atoms with Gasteiger partial charge in [-0.1, -0.05) is 6.92 Å². The van der Waals surface area contributed by atoms with E-state index in [2.05, 4.69) is 22.9 Å². The van der Waals surface area contributed by atoms with Crippen molar-refractivity contribution in [3.05, 3.63) is 18.2 Å². The van der Waals surface area contributed by atoms with E-state index in [1.165, 1.54) is 14.0 Å². The number of ether oxygens (including phenoxy) is 2. The monoisotopic (exact) mass is 307 g/mol. The first-order valence-corrected chi connectivity index (χ1v) is 7.00. The van der Waals surface area contributed by atoms with Crippen molar-refractivity contribution in [2.75, 3.05) is 37.5 Å². The van der Waals surface area contributed by atoms with E-state index in [1.54, 1.807) is 18.2 Å². The minimum Gasteiger partial charge on any atom is -0.495 e. The SMILES string of the molecule is COc1ccc(NC(=O)NCC2(C)COC2)cc1NC(C)=O. The van der Waals surface area contributed by atoms with Crippen LogP contribution in [-0.4, -0.2) is 38.8 Å². The molecule has 0 aromatic heterocycles. The molecule has 120 valence electrons. The predicted octanol–water partition coefficient (Wildman–Crippen LogP) is 1.81. The predicted molar refractivity (Wildman–Crippen MR) is 83.2 cm³/mol. The van der Waals surface area contributed by atoms with Gasteiger partial charge in [-0.2, -0.15) is 0 Å². The Bertz CT molecular complexity index is 570. The molecular formula is C15H21N3O4. The molecule has 0 radical (unpaired) electrons. The number of nitrogens with one attached hydrogen (secondary N) is 3. The van der Waals surface area contributed by atoms with Gasteiger partial charge < -0.3 is 25.4 Å². The molecule has 7 heteroatoms. The van der Waals surface area contributed by atoms with Gasteiger partial charge in [0.25, 0.3) is 0 Å². The highest BCUT2D eigenvalue weighted by molar-refractivity contribution is 5.94. The third-order valence-corrected chi connectivity index (χ3v) is 3.34. The van der Waals surface area contributed by atoms with E-state index < -0.39 is 0 Å². The van der Waals surface area contributed by atoms with Crippen molar-refractivity contribution in [1.82, 2.24) is 5.32 Å². The van der Waals surface area contributed by atoms with Crippen molar-refractivity contribution < 1.29 is 19.1 Å². The molecule has 2 rings (SSSR count). The van der Waals surface area contributed by atoms with E-state index in [1.807, 2.05) is 0 Å². The molecule has 1 fully saturated rings. The maximum absolute atomic E-state index is 11.9. The number of carbonyl (C=O) groups excluding carboxylic acids is 2. The average Bonchev–Trinajstić information content (AvgIpc) is 2.43. The van der Waals surface area contributed by atoms with Crippen LogP contribution in [-0.2, 0) is 9.53 Å². The minimum atomic E-state index is -0.299. The summed E-state index contributed by atoms with van der Waals surface area (Å²) in [6.07, 6.45) is 0. The van der Waals surface area contributed by atoms with Crippen molar-refractivity contribution >= 4 is 23.3 Å². The van der Waals surface area contributed by atoms with Gasteiger partial charge in [-0.25, -0.2) is 4.79 Å². The van der Waals surface area contributed by atoms with Gasteiger partial charge in [-0.15, -0.1) is 0 Å². The second kappa shape index (κ2) is 6.65. The summed E-state index contributed by atoms with van der Waals surface area (Å²) in [5.74, 6) is 0.318. The fourth-order valence-electron chi connectivity index (χ4n) is 2.09. The normalized spacial score (nSPS) is 15.4. The number of carbonyl (C=O) groups is 2. The van der Waals surface area contributed by atoms with Crippen LogP contribution < -0.4 is 20.7 Å². The Morgan fingerprint density at radius 2 is 2.05 bits per heavy atom. The second-order valence-electron chi connectivity index (χ2n) is 5.71. The molecule has 0 atom stereocenters. The number of anilines is 2. The van der Waals surface area contributed by atoms with Crippen LogP contribution in [0, 0.1) is 5.41 Å². The lowest BCUT2D eigenvalue weighted by molar-refractivity contribution is -0.114. The molecule has 0 spiro atoms. The van der Waals surface area contributed by atoms with Gasteiger partial charge in [0.05, 0.1) is 26.0 Å². The highest BCUT2D eigenvalue weighted by atomic mass is 16.5. The van der Waals surface area contributed by atoms with Gasteiger partial charge in [0.15, 0.2) is 0 Å². The smallest absolute Gasteiger partial charge is 0.319 e. The average molecular weight is 307 g/mol. The Labute approximate surface area is 129 Å². The van der Waals surface area contributed by atoms with Crippen LogP contribution in [0.2, 0.25) is 0 Å². The zero-order chi connectivity index (χ0) is 16.2. The highest BCUT2D eigenvalue weighted by Crippen LogP contribution is 2.28. The summed E-state index contributed by atoms with van der Waals surface area (Å²) in [6.45, 7) is 5.32. The molecule has 1 aromatic carbocycles. The molecule has 22 heavy (non-hydrogen) atoms. The zero-order valence-corrected chi connectivity index (χ0v) is 13.0. The Balaban J connectivity index is 1.96. The number of rotatable bonds is 5. The van der Waals surface area contributed by atoms with Gasteiger partial charge in [-0.3, -0.25) is 4.79 Å². The summed E-state index contributed by atoms with van der Waals surface area (Å²) in [5, 5.41) is 8.20. The largest absolute Gasteiger partial charge is 0.495 e. The van der Waals surface area contributed by atoms with Crippen LogP contribution in [0.25, 0.3) is 0 Å². The van der Waals surface area contributed by atoms with Gasteiger partial charge in [0.1, 0.15) is 5.75 Å². The summed E-state index contributed by atoms with van der Waals surface area (Å²) >= 11 is 0. The third kappa shape index (κ3) is 4.11. The molecule has 0 aliphatic carbocycles. The van der Waals surface area contributed by atoms with E-state index in [4.69, 9.17) is 9.47 Å². The molecule has 7 nitrogen and oxygen atoms in total. The van der Waals surface area contributed by atoms with Crippen molar-refractivity contribution in [2.45, 2.75) is 13.8 Å². The number of methoxy groups -OCH3 is 1. The fourth-order valence-corrected chi connectivity index (χ4v) is 2.09. The zero-order valence-electron chi connectivity index (χ0n) is 13.0. The van der Waals surface area contributed by atoms with E-state index in [-0.39, 0.29) is 17.4 Å². The third-order valence-electron chi connectivity index (χ3n) is 3.34. The standard InChI is InChI=1S/C15H21N3O4/c1-10(19)17-12-6-11(4-5-13(12)21-3)18-14(20)16-7-15(2)8-22-9-15/h4-6H,7-9H2,1-3H3,(H,17,19)(H2,16,18,20). The highest BCUT2D eigenvalue weighted by Gasteiger charge is 2.33. The van der Waals surface area contributed by atoms with Crippen LogP contribution in [0.1, 0.15) is 13.8 Å². The second-order valence-corrected chi connectivity index (χ2v) is 5.71. The molecule has 1 saturated heterocycles. The first-order chi connectivity index (χ1) is 10.4. The lowest BCUT2D eigenvalue weighted by atomic mass is 9.89. The molecule has 0 unspecified atom stereocenters. The van der Waals surface area contributed by atoms with Crippen LogP contribution in [0.5, 0.6) is 5.75 Å². The maximum atomic E-state index is 11.9.